The highest BCUT2D eigenvalue weighted by molar-refractivity contribution is 6.12. The van der Waals surface area contributed by atoms with Crippen molar-refractivity contribution in [2.24, 2.45) is 5.92 Å². The Hall–Kier alpha value is -1.84. The quantitative estimate of drug-likeness (QED) is 0.363. The number of unbranched alkanes of at least 4 members (excludes halogenated alkanes) is 4. The third-order valence-corrected chi connectivity index (χ3v) is 4.38. The SMILES string of the molecule is CCCCCOC(=O)C1Cc2ccc(OCCCCC)cc2C1=O. The van der Waals surface area contributed by atoms with Crippen LogP contribution < -0.4 is 4.74 Å². The number of rotatable bonds is 10. The predicted molar refractivity (Wildman–Crippen MR) is 93.5 cm³/mol. The van der Waals surface area contributed by atoms with Crippen molar-refractivity contribution >= 4 is 11.8 Å². The van der Waals surface area contributed by atoms with E-state index in [1.54, 1.807) is 6.07 Å². The highest BCUT2D eigenvalue weighted by Gasteiger charge is 2.37. The van der Waals surface area contributed by atoms with Crippen LogP contribution in [0.5, 0.6) is 5.75 Å². The first-order chi connectivity index (χ1) is 11.7. The molecule has 0 saturated carbocycles. The third-order valence-electron chi connectivity index (χ3n) is 4.38. The molecule has 1 aliphatic rings. The van der Waals surface area contributed by atoms with Gasteiger partial charge >= 0.3 is 5.97 Å². The average molecular weight is 332 g/mol. The van der Waals surface area contributed by atoms with Gasteiger partial charge in [-0.1, -0.05) is 45.6 Å². The van der Waals surface area contributed by atoms with Crippen LogP contribution in [-0.4, -0.2) is 25.0 Å². The van der Waals surface area contributed by atoms with Crippen molar-refractivity contribution in [2.45, 2.75) is 58.8 Å². The highest BCUT2D eigenvalue weighted by Crippen LogP contribution is 2.30. The van der Waals surface area contributed by atoms with Gasteiger partial charge in [-0.05, 0) is 37.0 Å². The van der Waals surface area contributed by atoms with Crippen molar-refractivity contribution in [1.82, 2.24) is 0 Å². The van der Waals surface area contributed by atoms with Crippen LogP contribution in [0.25, 0.3) is 0 Å². The second-order valence-corrected chi connectivity index (χ2v) is 6.37. The van der Waals surface area contributed by atoms with Gasteiger partial charge in [-0.15, -0.1) is 0 Å². The molecule has 4 nitrogen and oxygen atoms in total. The number of hydrogen-bond donors (Lipinski definition) is 0. The third kappa shape index (κ3) is 4.83. The van der Waals surface area contributed by atoms with Crippen molar-refractivity contribution in [2.75, 3.05) is 13.2 Å². The first-order valence-corrected chi connectivity index (χ1v) is 9.14. The van der Waals surface area contributed by atoms with Crippen molar-refractivity contribution in [3.63, 3.8) is 0 Å². The summed E-state index contributed by atoms with van der Waals surface area (Å²) in [6.45, 7) is 5.30. The zero-order valence-electron chi connectivity index (χ0n) is 14.8. The van der Waals surface area contributed by atoms with Crippen LogP contribution in [0.1, 0.15) is 68.3 Å². The average Bonchev–Trinajstić information content (AvgIpc) is 2.92. The Morgan fingerprint density at radius 2 is 1.79 bits per heavy atom. The maximum Gasteiger partial charge on any atom is 0.317 e. The number of Topliss-reactive ketones (excluding diaryl/α,β-unsaturated/α-hetero) is 1. The lowest BCUT2D eigenvalue weighted by Gasteiger charge is -2.08. The van der Waals surface area contributed by atoms with Crippen LogP contribution in [0.15, 0.2) is 18.2 Å². The fraction of sp³-hybridized carbons (Fsp3) is 0.600. The van der Waals surface area contributed by atoms with E-state index in [9.17, 15) is 9.59 Å². The number of ether oxygens (including phenoxy) is 2. The van der Waals surface area contributed by atoms with Crippen molar-refractivity contribution in [3.05, 3.63) is 29.3 Å². The van der Waals surface area contributed by atoms with Crippen molar-refractivity contribution < 1.29 is 19.1 Å². The van der Waals surface area contributed by atoms with Crippen LogP contribution >= 0.6 is 0 Å². The summed E-state index contributed by atoms with van der Waals surface area (Å²) in [5.74, 6) is -0.505. The number of fused-ring (bicyclic) bond motifs is 1. The first-order valence-electron chi connectivity index (χ1n) is 9.14. The van der Waals surface area contributed by atoms with Crippen LogP contribution in [-0.2, 0) is 16.0 Å². The Morgan fingerprint density at radius 1 is 1.08 bits per heavy atom. The largest absolute Gasteiger partial charge is 0.494 e. The number of ketones is 1. The van der Waals surface area contributed by atoms with E-state index in [2.05, 4.69) is 13.8 Å². The molecule has 1 unspecified atom stereocenters. The van der Waals surface area contributed by atoms with E-state index in [1.165, 1.54) is 0 Å². The minimum atomic E-state index is -0.683. The maximum atomic E-state index is 12.5. The van der Waals surface area contributed by atoms with Crippen LogP contribution in [0, 0.1) is 5.92 Å². The van der Waals surface area contributed by atoms with Gasteiger partial charge in [0.2, 0.25) is 0 Å². The van der Waals surface area contributed by atoms with Gasteiger partial charge in [-0.2, -0.15) is 0 Å². The zero-order chi connectivity index (χ0) is 17.4. The molecule has 2 rings (SSSR count). The lowest BCUT2D eigenvalue weighted by Crippen LogP contribution is -2.23. The molecule has 0 spiro atoms. The molecule has 0 aliphatic heterocycles. The second-order valence-electron chi connectivity index (χ2n) is 6.37. The van der Waals surface area contributed by atoms with Crippen LogP contribution in [0.2, 0.25) is 0 Å². The number of benzene rings is 1. The van der Waals surface area contributed by atoms with Crippen molar-refractivity contribution in [1.29, 1.82) is 0 Å². The van der Waals surface area contributed by atoms with Gasteiger partial charge < -0.3 is 9.47 Å². The van der Waals surface area contributed by atoms with E-state index in [0.717, 1.165) is 44.1 Å². The van der Waals surface area contributed by atoms with Gasteiger partial charge in [0.15, 0.2) is 5.78 Å². The Labute approximate surface area is 144 Å². The van der Waals surface area contributed by atoms with E-state index in [4.69, 9.17) is 9.47 Å². The predicted octanol–water partition coefficient (Wildman–Crippen LogP) is 4.34. The van der Waals surface area contributed by atoms with E-state index in [0.29, 0.717) is 30.9 Å². The minimum absolute atomic E-state index is 0.135. The fourth-order valence-electron chi connectivity index (χ4n) is 2.91. The summed E-state index contributed by atoms with van der Waals surface area (Å²) in [7, 11) is 0. The smallest absolute Gasteiger partial charge is 0.317 e. The molecule has 4 heteroatoms. The van der Waals surface area contributed by atoms with Gasteiger partial charge in [0.1, 0.15) is 11.7 Å². The molecule has 1 aromatic carbocycles. The molecule has 0 amide bonds. The van der Waals surface area contributed by atoms with Gasteiger partial charge in [0.25, 0.3) is 0 Å². The zero-order valence-corrected chi connectivity index (χ0v) is 14.8. The number of carbonyl (C=O) groups is 2. The summed E-state index contributed by atoms with van der Waals surface area (Å²) in [6, 6.07) is 5.55. The summed E-state index contributed by atoms with van der Waals surface area (Å²) >= 11 is 0. The van der Waals surface area contributed by atoms with Gasteiger partial charge in [-0.3, -0.25) is 9.59 Å². The van der Waals surface area contributed by atoms with Crippen LogP contribution in [0.3, 0.4) is 0 Å². The molecular weight excluding hydrogens is 304 g/mol. The highest BCUT2D eigenvalue weighted by atomic mass is 16.5. The molecule has 24 heavy (non-hydrogen) atoms. The molecule has 132 valence electrons. The number of esters is 1. The first kappa shape index (κ1) is 18.5. The van der Waals surface area contributed by atoms with E-state index >= 15 is 0 Å². The molecule has 0 saturated heterocycles. The molecule has 0 N–H and O–H groups in total. The van der Waals surface area contributed by atoms with E-state index < -0.39 is 11.9 Å². The minimum Gasteiger partial charge on any atom is -0.494 e. The topological polar surface area (TPSA) is 52.6 Å². The van der Waals surface area contributed by atoms with Gasteiger partial charge in [0.05, 0.1) is 13.2 Å². The molecule has 0 aromatic heterocycles. The number of hydrogen-bond acceptors (Lipinski definition) is 4. The Balaban J connectivity index is 1.91. The molecule has 1 aromatic rings. The Bertz CT molecular complexity index is 565. The summed E-state index contributed by atoms with van der Waals surface area (Å²) in [6.07, 6.45) is 6.69. The van der Waals surface area contributed by atoms with Gasteiger partial charge in [0, 0.05) is 5.56 Å². The summed E-state index contributed by atoms with van der Waals surface area (Å²) in [5.41, 5.74) is 1.52. The molecule has 1 atom stereocenters. The lowest BCUT2D eigenvalue weighted by molar-refractivity contribution is -0.146. The van der Waals surface area contributed by atoms with E-state index in [-0.39, 0.29) is 5.78 Å². The molecule has 0 fully saturated rings. The summed E-state index contributed by atoms with van der Waals surface area (Å²) in [4.78, 5) is 24.6. The molecule has 1 aliphatic carbocycles. The molecule has 0 bridgehead atoms. The molecular formula is C20H28O4. The van der Waals surface area contributed by atoms with Crippen molar-refractivity contribution in [3.8, 4) is 5.75 Å². The van der Waals surface area contributed by atoms with Crippen LogP contribution in [0.4, 0.5) is 0 Å². The van der Waals surface area contributed by atoms with E-state index in [1.807, 2.05) is 12.1 Å². The second kappa shape index (κ2) is 9.45. The van der Waals surface area contributed by atoms with Gasteiger partial charge in [-0.25, -0.2) is 0 Å². The normalized spacial score (nSPS) is 16.1. The fourth-order valence-corrected chi connectivity index (χ4v) is 2.91. The summed E-state index contributed by atoms with van der Waals surface area (Å²) in [5, 5.41) is 0. The molecule has 0 radical (unpaired) electrons. The summed E-state index contributed by atoms with van der Waals surface area (Å²) < 4.78 is 11.0. The number of carbonyl (C=O) groups excluding carboxylic acids is 2. The monoisotopic (exact) mass is 332 g/mol. The lowest BCUT2D eigenvalue weighted by atomic mass is 10.1. The Morgan fingerprint density at radius 3 is 2.50 bits per heavy atom. The Kier molecular flexibility index (Phi) is 7.29. The maximum absolute atomic E-state index is 12.5. The standard InChI is InChI=1S/C20H28O4/c1-3-5-7-11-23-16-10-9-15-13-18(19(21)17(15)14-16)20(22)24-12-8-6-4-2/h9-10,14,18H,3-8,11-13H2,1-2H3. The molecule has 0 heterocycles.